The van der Waals surface area contributed by atoms with E-state index in [9.17, 15) is 9.59 Å². The molecule has 0 aliphatic carbocycles. The lowest BCUT2D eigenvalue weighted by Crippen LogP contribution is -2.11. The summed E-state index contributed by atoms with van der Waals surface area (Å²) in [6.07, 6.45) is 0. The molecule has 0 saturated carbocycles. The molecule has 0 atom stereocenters. The van der Waals surface area contributed by atoms with Crippen molar-refractivity contribution in [3.8, 4) is 0 Å². The first kappa shape index (κ1) is 18.6. The minimum Gasteiger partial charge on any atom is -0.321 e. The highest BCUT2D eigenvalue weighted by Crippen LogP contribution is 2.25. The second kappa shape index (κ2) is 7.99. The fraction of sp³-hybridized carbons (Fsp3) is 0.0556. The molecule has 1 aromatic heterocycles. The van der Waals surface area contributed by atoms with Gasteiger partial charge in [0.25, 0.3) is 11.8 Å². The van der Waals surface area contributed by atoms with Crippen LogP contribution in [0.1, 0.15) is 25.7 Å². The van der Waals surface area contributed by atoms with Crippen LogP contribution in [0, 0.1) is 6.92 Å². The Morgan fingerprint density at radius 2 is 1.81 bits per heavy atom. The SMILES string of the molecule is Cc1nc(NC(=O)c2cccc(Cl)c2)sc1C(=O)Nc1ccc(Br)cc1. The van der Waals surface area contributed by atoms with Crippen LogP contribution < -0.4 is 10.6 Å². The highest BCUT2D eigenvalue weighted by atomic mass is 79.9. The predicted octanol–water partition coefficient (Wildman–Crippen LogP) is 5.37. The van der Waals surface area contributed by atoms with Crippen LogP contribution in [0.3, 0.4) is 0 Å². The summed E-state index contributed by atoms with van der Waals surface area (Å²) in [6.45, 7) is 1.72. The fourth-order valence-corrected chi connectivity index (χ4v) is 3.49. The van der Waals surface area contributed by atoms with Crippen molar-refractivity contribution >= 4 is 61.5 Å². The summed E-state index contributed by atoms with van der Waals surface area (Å²) in [7, 11) is 0. The Morgan fingerprint density at radius 3 is 2.50 bits per heavy atom. The number of thiazole rings is 1. The van der Waals surface area contributed by atoms with Crippen molar-refractivity contribution in [2.75, 3.05) is 10.6 Å². The number of aryl methyl sites for hydroxylation is 1. The van der Waals surface area contributed by atoms with Gasteiger partial charge in [0.1, 0.15) is 4.88 Å². The summed E-state index contributed by atoms with van der Waals surface area (Å²) in [4.78, 5) is 29.4. The third-order valence-corrected chi connectivity index (χ3v) is 5.25. The van der Waals surface area contributed by atoms with Crippen molar-refractivity contribution in [1.29, 1.82) is 0 Å². The van der Waals surface area contributed by atoms with Gasteiger partial charge in [0.2, 0.25) is 0 Å². The average molecular weight is 451 g/mol. The van der Waals surface area contributed by atoms with Gasteiger partial charge in [-0.2, -0.15) is 0 Å². The number of amides is 2. The molecule has 8 heteroatoms. The molecular formula is C18H13BrClN3O2S. The van der Waals surface area contributed by atoms with Crippen LogP contribution in [-0.4, -0.2) is 16.8 Å². The molecule has 26 heavy (non-hydrogen) atoms. The molecule has 2 aromatic carbocycles. The van der Waals surface area contributed by atoms with Crippen LogP contribution in [0.25, 0.3) is 0 Å². The predicted molar refractivity (Wildman–Crippen MR) is 108 cm³/mol. The molecule has 2 N–H and O–H groups in total. The molecule has 0 spiro atoms. The van der Waals surface area contributed by atoms with E-state index in [1.165, 1.54) is 0 Å². The quantitative estimate of drug-likeness (QED) is 0.561. The van der Waals surface area contributed by atoms with Gasteiger partial charge in [0, 0.05) is 20.7 Å². The first-order chi connectivity index (χ1) is 12.4. The Hall–Kier alpha value is -2.22. The minimum absolute atomic E-state index is 0.273. The van der Waals surface area contributed by atoms with E-state index in [0.717, 1.165) is 15.8 Å². The summed E-state index contributed by atoms with van der Waals surface area (Å²) in [5.41, 5.74) is 1.65. The highest BCUT2D eigenvalue weighted by molar-refractivity contribution is 9.10. The van der Waals surface area contributed by atoms with Gasteiger partial charge in [-0.25, -0.2) is 4.98 Å². The lowest BCUT2D eigenvalue weighted by molar-refractivity contribution is 0.102. The van der Waals surface area contributed by atoms with Gasteiger partial charge in [0.05, 0.1) is 5.69 Å². The van der Waals surface area contributed by atoms with E-state index in [1.807, 2.05) is 12.1 Å². The molecule has 0 aliphatic heterocycles. The first-order valence-electron chi connectivity index (χ1n) is 7.53. The Labute approximate surface area is 167 Å². The molecular weight excluding hydrogens is 438 g/mol. The number of hydrogen-bond donors (Lipinski definition) is 2. The maximum atomic E-state index is 12.5. The standard InChI is InChI=1S/C18H13BrClN3O2S/c1-10-15(17(25)22-14-7-5-12(19)6-8-14)26-18(21-10)23-16(24)11-3-2-4-13(20)9-11/h2-9H,1H3,(H,22,25)(H,21,23,24). The van der Waals surface area contributed by atoms with Crippen molar-refractivity contribution in [2.24, 2.45) is 0 Å². The average Bonchev–Trinajstić information content (AvgIpc) is 2.97. The van der Waals surface area contributed by atoms with Crippen molar-refractivity contribution in [1.82, 2.24) is 4.98 Å². The number of anilines is 2. The number of benzene rings is 2. The lowest BCUT2D eigenvalue weighted by atomic mass is 10.2. The van der Waals surface area contributed by atoms with Gasteiger partial charge >= 0.3 is 0 Å². The van der Waals surface area contributed by atoms with Gasteiger partial charge in [-0.1, -0.05) is 44.9 Å². The molecule has 3 aromatic rings. The lowest BCUT2D eigenvalue weighted by Gasteiger charge is -2.04. The number of halogens is 2. The van der Waals surface area contributed by atoms with Crippen molar-refractivity contribution in [2.45, 2.75) is 6.92 Å². The van der Waals surface area contributed by atoms with Gasteiger partial charge in [0.15, 0.2) is 5.13 Å². The first-order valence-corrected chi connectivity index (χ1v) is 9.52. The number of carbonyl (C=O) groups is 2. The van der Waals surface area contributed by atoms with Gasteiger partial charge in [-0.05, 0) is 49.4 Å². The fourth-order valence-electron chi connectivity index (χ4n) is 2.18. The second-order valence-corrected chi connectivity index (χ2v) is 7.71. The van der Waals surface area contributed by atoms with Crippen molar-refractivity contribution in [3.05, 3.63) is 74.2 Å². The Bertz CT molecular complexity index is 973. The normalized spacial score (nSPS) is 10.4. The maximum absolute atomic E-state index is 12.5. The number of nitrogens with one attached hydrogen (secondary N) is 2. The van der Waals surface area contributed by atoms with Gasteiger partial charge in [-0.15, -0.1) is 0 Å². The molecule has 3 rings (SSSR count). The third kappa shape index (κ3) is 4.49. The largest absolute Gasteiger partial charge is 0.321 e. The molecule has 5 nitrogen and oxygen atoms in total. The van der Waals surface area contributed by atoms with Crippen LogP contribution in [0.2, 0.25) is 5.02 Å². The molecule has 0 saturated heterocycles. The smallest absolute Gasteiger partial charge is 0.267 e. The Balaban J connectivity index is 1.73. The molecule has 0 radical (unpaired) electrons. The molecule has 132 valence electrons. The van der Waals surface area contributed by atoms with Gasteiger partial charge < -0.3 is 5.32 Å². The third-order valence-electron chi connectivity index (χ3n) is 3.41. The zero-order valence-electron chi connectivity index (χ0n) is 13.5. The van der Waals surface area contributed by atoms with E-state index in [-0.39, 0.29) is 11.8 Å². The molecule has 2 amide bonds. The monoisotopic (exact) mass is 449 g/mol. The zero-order valence-corrected chi connectivity index (χ0v) is 16.7. The number of aromatic nitrogens is 1. The second-order valence-electron chi connectivity index (χ2n) is 5.36. The summed E-state index contributed by atoms with van der Waals surface area (Å²) >= 11 is 10.4. The van der Waals surface area contributed by atoms with E-state index >= 15 is 0 Å². The van der Waals surface area contributed by atoms with Gasteiger partial charge in [-0.3, -0.25) is 14.9 Å². The van der Waals surface area contributed by atoms with E-state index < -0.39 is 0 Å². The summed E-state index contributed by atoms with van der Waals surface area (Å²) in [5, 5.41) is 6.34. The molecule has 0 fully saturated rings. The molecule has 0 aliphatic rings. The van der Waals surface area contributed by atoms with Crippen molar-refractivity contribution in [3.63, 3.8) is 0 Å². The van der Waals surface area contributed by atoms with E-state index in [0.29, 0.717) is 32.0 Å². The Morgan fingerprint density at radius 1 is 1.08 bits per heavy atom. The van der Waals surface area contributed by atoms with Crippen LogP contribution >= 0.6 is 38.9 Å². The Kier molecular flexibility index (Phi) is 5.70. The van der Waals surface area contributed by atoms with Crippen LogP contribution in [-0.2, 0) is 0 Å². The number of rotatable bonds is 4. The molecule has 1 heterocycles. The number of hydrogen-bond acceptors (Lipinski definition) is 4. The number of carbonyl (C=O) groups excluding carboxylic acids is 2. The summed E-state index contributed by atoms with van der Waals surface area (Å²) in [5.74, 6) is -0.605. The summed E-state index contributed by atoms with van der Waals surface area (Å²) < 4.78 is 0.926. The minimum atomic E-state index is -0.332. The van der Waals surface area contributed by atoms with Crippen molar-refractivity contribution < 1.29 is 9.59 Å². The van der Waals surface area contributed by atoms with Crippen LogP contribution in [0.4, 0.5) is 10.8 Å². The van der Waals surface area contributed by atoms with E-state index in [2.05, 4.69) is 31.5 Å². The maximum Gasteiger partial charge on any atom is 0.267 e. The van der Waals surface area contributed by atoms with Crippen LogP contribution in [0.5, 0.6) is 0 Å². The van der Waals surface area contributed by atoms with E-state index in [1.54, 1.807) is 43.3 Å². The number of nitrogens with zero attached hydrogens (tertiary/aromatic N) is 1. The molecule has 0 unspecified atom stereocenters. The van der Waals surface area contributed by atoms with E-state index in [4.69, 9.17) is 11.6 Å². The topological polar surface area (TPSA) is 71.1 Å². The molecule has 0 bridgehead atoms. The zero-order chi connectivity index (χ0) is 18.7. The summed E-state index contributed by atoms with van der Waals surface area (Å²) in [6, 6.07) is 13.9. The highest BCUT2D eigenvalue weighted by Gasteiger charge is 2.17. The van der Waals surface area contributed by atoms with Crippen LogP contribution in [0.15, 0.2) is 53.0 Å².